The summed E-state index contributed by atoms with van der Waals surface area (Å²) >= 11 is 0. The number of allylic oxidation sites excluding steroid dienone is 2. The maximum Gasteiger partial charge on any atom is 0.160 e. The van der Waals surface area contributed by atoms with Crippen molar-refractivity contribution in [1.29, 1.82) is 0 Å². The molecule has 0 bridgehead atoms. The van der Waals surface area contributed by atoms with Gasteiger partial charge in [-0.2, -0.15) is 0 Å². The number of para-hydroxylation sites is 1. The summed E-state index contributed by atoms with van der Waals surface area (Å²) in [7, 11) is 0. The van der Waals surface area contributed by atoms with E-state index in [1.807, 2.05) is 50.3 Å². The third-order valence-corrected chi connectivity index (χ3v) is 2.93. The SMILES string of the molecule is CC=C(C)c1cc(C(C)=O)c2ccccc2n1. The highest BCUT2D eigenvalue weighted by Gasteiger charge is 2.09. The van der Waals surface area contributed by atoms with E-state index in [0.717, 1.165) is 27.7 Å². The van der Waals surface area contributed by atoms with Crippen molar-refractivity contribution in [2.24, 2.45) is 0 Å². The minimum absolute atomic E-state index is 0.0775. The van der Waals surface area contributed by atoms with E-state index >= 15 is 0 Å². The highest BCUT2D eigenvalue weighted by molar-refractivity contribution is 6.06. The number of carbonyl (C=O) groups excluding carboxylic acids is 1. The number of carbonyl (C=O) groups is 1. The Morgan fingerprint density at radius 1 is 1.24 bits per heavy atom. The van der Waals surface area contributed by atoms with Crippen molar-refractivity contribution in [1.82, 2.24) is 4.98 Å². The molecule has 0 unspecified atom stereocenters. The summed E-state index contributed by atoms with van der Waals surface area (Å²) in [4.78, 5) is 16.2. The van der Waals surface area contributed by atoms with Gasteiger partial charge in [0.2, 0.25) is 0 Å². The number of pyridine rings is 1. The lowest BCUT2D eigenvalue weighted by Crippen LogP contribution is -1.98. The van der Waals surface area contributed by atoms with Crippen LogP contribution in [0.2, 0.25) is 0 Å². The number of Topliss-reactive ketones (excluding diaryl/α,β-unsaturated/α-hetero) is 1. The Labute approximate surface area is 101 Å². The minimum Gasteiger partial charge on any atom is -0.294 e. The third-order valence-electron chi connectivity index (χ3n) is 2.93. The van der Waals surface area contributed by atoms with Crippen molar-refractivity contribution < 1.29 is 4.79 Å². The Hall–Kier alpha value is -1.96. The molecule has 0 aliphatic rings. The molecule has 0 fully saturated rings. The summed E-state index contributed by atoms with van der Waals surface area (Å²) in [6, 6.07) is 9.62. The normalized spacial score (nSPS) is 11.8. The molecule has 0 N–H and O–H groups in total. The minimum atomic E-state index is 0.0775. The van der Waals surface area contributed by atoms with E-state index < -0.39 is 0 Å². The van der Waals surface area contributed by atoms with Gasteiger partial charge >= 0.3 is 0 Å². The Morgan fingerprint density at radius 3 is 2.59 bits per heavy atom. The molecular formula is C15H15NO. The summed E-state index contributed by atoms with van der Waals surface area (Å²) in [5.41, 5.74) is 3.57. The number of nitrogens with zero attached hydrogens (tertiary/aromatic N) is 1. The van der Waals surface area contributed by atoms with Gasteiger partial charge in [-0.3, -0.25) is 4.79 Å². The van der Waals surface area contributed by atoms with Gasteiger partial charge in [0, 0.05) is 10.9 Å². The smallest absolute Gasteiger partial charge is 0.160 e. The lowest BCUT2D eigenvalue weighted by atomic mass is 10.0. The van der Waals surface area contributed by atoms with Crippen LogP contribution in [0.3, 0.4) is 0 Å². The third kappa shape index (κ3) is 2.11. The van der Waals surface area contributed by atoms with Crippen LogP contribution in [0.5, 0.6) is 0 Å². The molecule has 0 saturated carbocycles. The first-order chi connectivity index (χ1) is 8.13. The fourth-order valence-electron chi connectivity index (χ4n) is 1.82. The van der Waals surface area contributed by atoms with Crippen molar-refractivity contribution in [3.63, 3.8) is 0 Å². The number of benzene rings is 1. The molecule has 0 amide bonds. The second kappa shape index (κ2) is 4.50. The molecule has 17 heavy (non-hydrogen) atoms. The van der Waals surface area contributed by atoms with Crippen molar-refractivity contribution in [3.05, 3.63) is 47.7 Å². The molecule has 0 saturated heterocycles. The standard InChI is InChI=1S/C15H15NO/c1-4-10(2)15-9-13(11(3)17)12-7-5-6-8-14(12)16-15/h4-9H,1-3H3. The first kappa shape index (κ1) is 11.5. The first-order valence-corrected chi connectivity index (χ1v) is 5.67. The van der Waals surface area contributed by atoms with Crippen LogP contribution < -0.4 is 0 Å². The van der Waals surface area contributed by atoms with Crippen LogP contribution in [0.4, 0.5) is 0 Å². The maximum atomic E-state index is 11.7. The lowest BCUT2D eigenvalue weighted by molar-refractivity contribution is 0.101. The number of fused-ring (bicyclic) bond motifs is 1. The van der Waals surface area contributed by atoms with Gasteiger partial charge in [-0.1, -0.05) is 24.3 Å². The zero-order chi connectivity index (χ0) is 12.4. The highest BCUT2D eigenvalue weighted by atomic mass is 16.1. The van der Waals surface area contributed by atoms with Crippen molar-refractivity contribution in [3.8, 4) is 0 Å². The Morgan fingerprint density at radius 2 is 1.94 bits per heavy atom. The van der Waals surface area contributed by atoms with Gasteiger partial charge in [0.15, 0.2) is 5.78 Å². The maximum absolute atomic E-state index is 11.7. The van der Waals surface area contributed by atoms with Crippen LogP contribution in [0, 0.1) is 0 Å². The van der Waals surface area contributed by atoms with Gasteiger partial charge in [0.05, 0.1) is 11.2 Å². The number of rotatable bonds is 2. The molecular weight excluding hydrogens is 210 g/mol. The number of hydrogen-bond donors (Lipinski definition) is 0. The number of ketones is 1. The average molecular weight is 225 g/mol. The molecule has 86 valence electrons. The molecule has 2 nitrogen and oxygen atoms in total. The quantitative estimate of drug-likeness (QED) is 0.726. The molecule has 1 heterocycles. The molecule has 1 aromatic carbocycles. The van der Waals surface area contributed by atoms with E-state index in [4.69, 9.17) is 0 Å². The topological polar surface area (TPSA) is 30.0 Å². The van der Waals surface area contributed by atoms with Crippen LogP contribution in [-0.4, -0.2) is 10.8 Å². The van der Waals surface area contributed by atoms with E-state index in [9.17, 15) is 4.79 Å². The van der Waals surface area contributed by atoms with E-state index in [1.165, 1.54) is 0 Å². The Balaban J connectivity index is 2.80. The van der Waals surface area contributed by atoms with Gasteiger partial charge < -0.3 is 0 Å². The van der Waals surface area contributed by atoms with Crippen LogP contribution in [-0.2, 0) is 0 Å². The van der Waals surface area contributed by atoms with Crippen molar-refractivity contribution in [2.75, 3.05) is 0 Å². The summed E-state index contributed by atoms with van der Waals surface area (Å²) in [6.45, 7) is 5.57. The second-order valence-corrected chi connectivity index (χ2v) is 4.10. The lowest BCUT2D eigenvalue weighted by Gasteiger charge is -2.07. The predicted octanol–water partition coefficient (Wildman–Crippen LogP) is 3.86. The monoisotopic (exact) mass is 225 g/mol. The number of aromatic nitrogens is 1. The molecule has 2 rings (SSSR count). The van der Waals surface area contributed by atoms with E-state index in [1.54, 1.807) is 6.92 Å². The Kier molecular flexibility index (Phi) is 3.05. The van der Waals surface area contributed by atoms with Gasteiger partial charge in [-0.15, -0.1) is 0 Å². The predicted molar refractivity (Wildman–Crippen MR) is 71.1 cm³/mol. The fourth-order valence-corrected chi connectivity index (χ4v) is 1.82. The summed E-state index contributed by atoms with van der Waals surface area (Å²) in [5, 5.41) is 0.924. The first-order valence-electron chi connectivity index (χ1n) is 5.67. The summed E-state index contributed by atoms with van der Waals surface area (Å²) < 4.78 is 0. The van der Waals surface area contributed by atoms with Crippen LogP contribution in [0.25, 0.3) is 16.5 Å². The molecule has 2 aromatic rings. The molecule has 0 atom stereocenters. The largest absolute Gasteiger partial charge is 0.294 e. The number of hydrogen-bond acceptors (Lipinski definition) is 2. The molecule has 2 heteroatoms. The molecule has 0 aliphatic carbocycles. The van der Waals surface area contributed by atoms with Crippen molar-refractivity contribution >= 4 is 22.3 Å². The van der Waals surface area contributed by atoms with Gasteiger partial charge in [0.25, 0.3) is 0 Å². The summed E-state index contributed by atoms with van der Waals surface area (Å²) in [6.07, 6.45) is 2.00. The molecule has 0 radical (unpaired) electrons. The zero-order valence-corrected chi connectivity index (χ0v) is 10.3. The molecule has 0 spiro atoms. The van der Waals surface area contributed by atoms with Crippen molar-refractivity contribution in [2.45, 2.75) is 20.8 Å². The van der Waals surface area contributed by atoms with Gasteiger partial charge in [0.1, 0.15) is 0 Å². The zero-order valence-electron chi connectivity index (χ0n) is 10.3. The molecule has 0 aliphatic heterocycles. The van der Waals surface area contributed by atoms with Crippen LogP contribution in [0.1, 0.15) is 36.8 Å². The van der Waals surface area contributed by atoms with Gasteiger partial charge in [-0.05, 0) is 38.5 Å². The van der Waals surface area contributed by atoms with Crippen LogP contribution in [0.15, 0.2) is 36.4 Å². The fraction of sp³-hybridized carbons (Fsp3) is 0.200. The average Bonchev–Trinajstić information content (AvgIpc) is 2.36. The van der Waals surface area contributed by atoms with E-state index in [0.29, 0.717) is 0 Å². The van der Waals surface area contributed by atoms with Gasteiger partial charge in [-0.25, -0.2) is 4.98 Å². The van der Waals surface area contributed by atoms with E-state index in [2.05, 4.69) is 4.98 Å². The highest BCUT2D eigenvalue weighted by Crippen LogP contribution is 2.22. The Bertz CT molecular complexity index is 611. The molecule has 1 aromatic heterocycles. The second-order valence-electron chi connectivity index (χ2n) is 4.10. The van der Waals surface area contributed by atoms with Crippen LogP contribution >= 0.6 is 0 Å². The summed E-state index contributed by atoms with van der Waals surface area (Å²) in [5.74, 6) is 0.0775. The van der Waals surface area contributed by atoms with E-state index in [-0.39, 0.29) is 5.78 Å².